The first-order chi connectivity index (χ1) is 7.53. The van der Waals surface area contributed by atoms with E-state index in [0.29, 0.717) is 12.4 Å². The van der Waals surface area contributed by atoms with Crippen molar-refractivity contribution in [3.05, 3.63) is 22.8 Å². The normalized spacial score (nSPS) is 11.4. The summed E-state index contributed by atoms with van der Waals surface area (Å²) in [4.78, 5) is 3.93. The molecule has 5 nitrogen and oxygen atoms in total. The largest absolute Gasteiger partial charge is 0.316 e. The molecule has 0 radical (unpaired) electrons. The lowest BCUT2D eigenvalue weighted by Crippen LogP contribution is -2.26. The summed E-state index contributed by atoms with van der Waals surface area (Å²) >= 11 is 3.23. The van der Waals surface area contributed by atoms with Crippen molar-refractivity contribution >= 4 is 31.8 Å². The zero-order chi connectivity index (χ0) is 12.0. The van der Waals surface area contributed by atoms with Crippen LogP contribution in [-0.2, 0) is 10.0 Å². The molecule has 1 heterocycles. The molecule has 0 fully saturated rings. The number of sulfonamides is 1. The number of nitrogens with one attached hydrogen (secondary N) is 2. The molecule has 0 aliphatic heterocycles. The SMILES string of the molecule is CCNCCS(=O)(=O)Nc1ccc(Br)cn1. The smallest absolute Gasteiger partial charge is 0.235 e. The molecule has 0 aliphatic rings. The third-order valence-electron chi connectivity index (χ3n) is 1.79. The fraction of sp³-hybridized carbons (Fsp3) is 0.444. The van der Waals surface area contributed by atoms with Crippen molar-refractivity contribution in [2.45, 2.75) is 6.92 Å². The summed E-state index contributed by atoms with van der Waals surface area (Å²) in [7, 11) is -3.31. The highest BCUT2D eigenvalue weighted by Gasteiger charge is 2.09. The molecule has 7 heteroatoms. The summed E-state index contributed by atoms with van der Waals surface area (Å²) in [6.07, 6.45) is 1.54. The van der Waals surface area contributed by atoms with E-state index in [4.69, 9.17) is 0 Å². The van der Waals surface area contributed by atoms with Gasteiger partial charge in [-0.25, -0.2) is 13.4 Å². The quantitative estimate of drug-likeness (QED) is 0.775. The number of pyridine rings is 1. The highest BCUT2D eigenvalue weighted by molar-refractivity contribution is 9.10. The van der Waals surface area contributed by atoms with Crippen molar-refractivity contribution in [2.75, 3.05) is 23.6 Å². The molecule has 16 heavy (non-hydrogen) atoms. The first-order valence-electron chi connectivity index (χ1n) is 4.86. The predicted octanol–water partition coefficient (Wildman–Crippen LogP) is 1.20. The van der Waals surface area contributed by atoms with Gasteiger partial charge in [0.1, 0.15) is 5.82 Å². The van der Waals surface area contributed by atoms with Gasteiger partial charge in [0.25, 0.3) is 0 Å². The Morgan fingerprint density at radius 1 is 1.44 bits per heavy atom. The van der Waals surface area contributed by atoms with Crippen molar-refractivity contribution in [3.63, 3.8) is 0 Å². The summed E-state index contributed by atoms with van der Waals surface area (Å²) in [6, 6.07) is 3.34. The minimum absolute atomic E-state index is 0.0403. The number of aromatic nitrogens is 1. The molecule has 0 atom stereocenters. The van der Waals surface area contributed by atoms with Gasteiger partial charge in [-0.1, -0.05) is 6.92 Å². The first kappa shape index (κ1) is 13.4. The Kier molecular flexibility index (Phi) is 5.17. The van der Waals surface area contributed by atoms with E-state index in [-0.39, 0.29) is 5.75 Å². The van der Waals surface area contributed by atoms with Crippen LogP contribution in [0.25, 0.3) is 0 Å². The van der Waals surface area contributed by atoms with E-state index in [1.54, 1.807) is 18.3 Å². The molecule has 0 saturated heterocycles. The maximum Gasteiger partial charge on any atom is 0.235 e. The van der Waals surface area contributed by atoms with Gasteiger partial charge in [-0.2, -0.15) is 0 Å². The predicted molar refractivity (Wildman–Crippen MR) is 67.9 cm³/mol. The molecular weight excluding hydrogens is 294 g/mol. The average molecular weight is 308 g/mol. The maximum atomic E-state index is 11.6. The number of hydrogen-bond donors (Lipinski definition) is 2. The second-order valence-electron chi connectivity index (χ2n) is 3.14. The van der Waals surface area contributed by atoms with Gasteiger partial charge >= 0.3 is 0 Å². The maximum absolute atomic E-state index is 11.6. The third-order valence-corrected chi connectivity index (χ3v) is 3.52. The third kappa shape index (κ3) is 4.91. The molecule has 1 aromatic rings. The monoisotopic (exact) mass is 307 g/mol. The van der Waals surface area contributed by atoms with Gasteiger partial charge in [0.2, 0.25) is 10.0 Å². The van der Waals surface area contributed by atoms with E-state index in [9.17, 15) is 8.42 Å². The van der Waals surface area contributed by atoms with Gasteiger partial charge in [-0.15, -0.1) is 0 Å². The average Bonchev–Trinajstić information content (AvgIpc) is 2.21. The van der Waals surface area contributed by atoms with Crippen molar-refractivity contribution in [1.82, 2.24) is 10.3 Å². The molecular formula is C9H14BrN3O2S. The van der Waals surface area contributed by atoms with E-state index in [1.165, 1.54) is 0 Å². The van der Waals surface area contributed by atoms with Crippen molar-refractivity contribution in [1.29, 1.82) is 0 Å². The van der Waals surface area contributed by atoms with Crippen molar-refractivity contribution in [2.24, 2.45) is 0 Å². The minimum atomic E-state index is -3.31. The fourth-order valence-electron chi connectivity index (χ4n) is 1.03. The molecule has 0 aromatic carbocycles. The minimum Gasteiger partial charge on any atom is -0.316 e. The van der Waals surface area contributed by atoms with Crippen molar-refractivity contribution in [3.8, 4) is 0 Å². The Morgan fingerprint density at radius 3 is 2.75 bits per heavy atom. The highest BCUT2D eigenvalue weighted by atomic mass is 79.9. The second-order valence-corrected chi connectivity index (χ2v) is 5.89. The Balaban J connectivity index is 2.55. The van der Waals surface area contributed by atoms with E-state index >= 15 is 0 Å². The molecule has 1 aromatic heterocycles. The van der Waals surface area contributed by atoms with Crippen LogP contribution in [0.4, 0.5) is 5.82 Å². The lowest BCUT2D eigenvalue weighted by Gasteiger charge is -2.07. The number of nitrogens with zero attached hydrogens (tertiary/aromatic N) is 1. The molecule has 1 rings (SSSR count). The Morgan fingerprint density at radius 2 is 2.19 bits per heavy atom. The molecule has 0 aliphatic carbocycles. The zero-order valence-corrected chi connectivity index (χ0v) is 11.3. The van der Waals surface area contributed by atoms with Gasteiger partial charge in [0.05, 0.1) is 5.75 Å². The van der Waals surface area contributed by atoms with Crippen LogP contribution in [0, 0.1) is 0 Å². The molecule has 0 amide bonds. The summed E-state index contributed by atoms with van der Waals surface area (Å²) < 4.78 is 26.3. The number of hydrogen-bond acceptors (Lipinski definition) is 4. The van der Waals surface area contributed by atoms with Crippen LogP contribution in [0.5, 0.6) is 0 Å². The summed E-state index contributed by atoms with van der Waals surface area (Å²) in [5.74, 6) is 0.373. The fourth-order valence-corrected chi connectivity index (χ4v) is 2.22. The second kappa shape index (κ2) is 6.17. The summed E-state index contributed by atoms with van der Waals surface area (Å²) in [5.41, 5.74) is 0. The Hall–Kier alpha value is -0.660. The van der Waals surface area contributed by atoms with Gasteiger partial charge < -0.3 is 5.32 Å². The highest BCUT2D eigenvalue weighted by Crippen LogP contribution is 2.11. The summed E-state index contributed by atoms with van der Waals surface area (Å²) in [6.45, 7) is 3.12. The molecule has 0 saturated carbocycles. The number of anilines is 1. The zero-order valence-electron chi connectivity index (χ0n) is 8.90. The van der Waals surface area contributed by atoms with E-state index in [2.05, 4.69) is 31.0 Å². The van der Waals surface area contributed by atoms with Gasteiger partial charge in [0, 0.05) is 17.2 Å². The Labute approximate surface area is 104 Å². The number of rotatable bonds is 6. The summed E-state index contributed by atoms with van der Waals surface area (Å²) in [5, 5.41) is 2.95. The van der Waals surface area contributed by atoms with E-state index in [0.717, 1.165) is 11.0 Å². The van der Waals surface area contributed by atoms with E-state index in [1.807, 2.05) is 6.92 Å². The lowest BCUT2D eigenvalue weighted by atomic mass is 10.5. The van der Waals surface area contributed by atoms with Crippen LogP contribution in [0.1, 0.15) is 6.92 Å². The van der Waals surface area contributed by atoms with Crippen LogP contribution < -0.4 is 10.0 Å². The van der Waals surface area contributed by atoms with Gasteiger partial charge in [-0.3, -0.25) is 4.72 Å². The van der Waals surface area contributed by atoms with Crippen LogP contribution >= 0.6 is 15.9 Å². The molecule has 0 spiro atoms. The molecule has 2 N–H and O–H groups in total. The standard InChI is InChI=1S/C9H14BrN3O2S/c1-2-11-5-6-16(14,15)13-9-4-3-8(10)7-12-9/h3-4,7,11H,2,5-6H2,1H3,(H,12,13). The topological polar surface area (TPSA) is 71.1 Å². The van der Waals surface area contributed by atoms with Crippen LogP contribution in [0.3, 0.4) is 0 Å². The lowest BCUT2D eigenvalue weighted by molar-refractivity contribution is 0.597. The number of halogens is 1. The molecule has 90 valence electrons. The van der Waals surface area contributed by atoms with Gasteiger partial charge in [-0.05, 0) is 34.6 Å². The van der Waals surface area contributed by atoms with Crippen LogP contribution in [0.15, 0.2) is 22.8 Å². The Bertz CT molecular complexity index is 419. The molecule has 0 unspecified atom stereocenters. The van der Waals surface area contributed by atoms with Crippen LogP contribution in [0.2, 0.25) is 0 Å². The first-order valence-corrected chi connectivity index (χ1v) is 7.31. The van der Waals surface area contributed by atoms with E-state index < -0.39 is 10.0 Å². The van der Waals surface area contributed by atoms with Crippen molar-refractivity contribution < 1.29 is 8.42 Å². The van der Waals surface area contributed by atoms with Crippen LogP contribution in [-0.4, -0.2) is 32.2 Å². The van der Waals surface area contributed by atoms with Gasteiger partial charge in [0.15, 0.2) is 0 Å². The molecule has 0 bridgehead atoms.